The van der Waals surface area contributed by atoms with Gasteiger partial charge in [-0.25, -0.2) is 9.98 Å². The van der Waals surface area contributed by atoms with Gasteiger partial charge in [-0.3, -0.25) is 0 Å². The standard InChI is InChI=1S/C34H22N2O2/c1-17-29-32(38-34-25(35-29)13-11-22-16-20-8-4-6-10-24(20)28(22)34)18(2)30-31(17)37-33-26(36-30)14-12-21-15-19-7-3-5-9-23(19)27(21)33/h3-14H,15-16H2,1-2H3. The van der Waals surface area contributed by atoms with Crippen LogP contribution < -0.4 is 20.2 Å². The quantitative estimate of drug-likeness (QED) is 0.220. The van der Waals surface area contributed by atoms with Crippen LogP contribution in [0.2, 0.25) is 0 Å². The summed E-state index contributed by atoms with van der Waals surface area (Å²) in [6, 6.07) is 25.7. The van der Waals surface area contributed by atoms with Crippen molar-refractivity contribution in [3.8, 4) is 45.3 Å². The third-order valence-electron chi connectivity index (χ3n) is 8.48. The Morgan fingerprint density at radius 1 is 0.500 bits per heavy atom. The van der Waals surface area contributed by atoms with Gasteiger partial charge in [0, 0.05) is 22.3 Å². The molecule has 0 atom stereocenters. The summed E-state index contributed by atoms with van der Waals surface area (Å²) in [6.45, 7) is 4.13. The molecule has 0 saturated heterocycles. The van der Waals surface area contributed by atoms with Crippen molar-refractivity contribution < 1.29 is 9.47 Å². The fourth-order valence-electron chi connectivity index (χ4n) is 6.61. The van der Waals surface area contributed by atoms with E-state index in [0.717, 1.165) is 80.2 Å². The molecule has 0 unspecified atom stereocenters. The molecule has 5 aromatic rings. The van der Waals surface area contributed by atoms with Gasteiger partial charge in [-0.05, 0) is 72.2 Å². The van der Waals surface area contributed by atoms with Gasteiger partial charge in [0.25, 0.3) is 0 Å². The molecule has 0 radical (unpaired) electrons. The number of benzene rings is 5. The molecule has 9 rings (SSSR count). The summed E-state index contributed by atoms with van der Waals surface area (Å²) in [4.78, 5) is 10.3. The molecule has 5 aromatic carbocycles. The van der Waals surface area contributed by atoms with E-state index in [1.165, 1.54) is 33.4 Å². The van der Waals surface area contributed by atoms with Crippen LogP contribution in [0.5, 0.6) is 23.0 Å². The van der Waals surface area contributed by atoms with Crippen LogP contribution in [0, 0.1) is 13.8 Å². The van der Waals surface area contributed by atoms with E-state index < -0.39 is 0 Å². The lowest BCUT2D eigenvalue weighted by atomic mass is 10.0. The number of rotatable bonds is 0. The number of nitrogens with zero attached hydrogens (tertiary/aromatic N) is 2. The molecule has 180 valence electrons. The summed E-state index contributed by atoms with van der Waals surface area (Å²) in [5.74, 6) is 3.23. The zero-order valence-corrected chi connectivity index (χ0v) is 21.1. The summed E-state index contributed by atoms with van der Waals surface area (Å²) in [6.07, 6.45) is 1.84. The highest BCUT2D eigenvalue weighted by Crippen LogP contribution is 2.52. The average Bonchev–Trinajstić information content (AvgIpc) is 3.53. The highest BCUT2D eigenvalue weighted by atomic mass is 16.5. The first kappa shape index (κ1) is 20.4. The van der Waals surface area contributed by atoms with Crippen LogP contribution in [-0.4, -0.2) is 0 Å². The van der Waals surface area contributed by atoms with Gasteiger partial charge in [-0.2, -0.15) is 0 Å². The fraction of sp³-hybridized carbons (Fsp3) is 0.118. The molecule has 0 amide bonds. The number of fused-ring (bicyclic) bond motifs is 12. The van der Waals surface area contributed by atoms with Gasteiger partial charge in [-0.1, -0.05) is 60.7 Å². The molecule has 4 aliphatic rings. The normalized spacial score (nSPS) is 14.2. The minimum Gasteiger partial charge on any atom is -0.452 e. The van der Waals surface area contributed by atoms with Crippen molar-refractivity contribution in [2.45, 2.75) is 26.7 Å². The van der Waals surface area contributed by atoms with Gasteiger partial charge in [0.05, 0.1) is 0 Å². The Morgan fingerprint density at radius 2 is 0.947 bits per heavy atom. The van der Waals surface area contributed by atoms with Gasteiger partial charge in [0.1, 0.15) is 22.1 Å². The number of hydrogen-bond donors (Lipinski definition) is 0. The first-order valence-electron chi connectivity index (χ1n) is 13.1. The Kier molecular flexibility index (Phi) is 3.74. The minimum absolute atomic E-state index is 0.772. The smallest absolute Gasteiger partial charge is 0.161 e. The van der Waals surface area contributed by atoms with Gasteiger partial charge in [0.15, 0.2) is 23.0 Å². The summed E-state index contributed by atoms with van der Waals surface area (Å²) < 4.78 is 13.5. The SMILES string of the molecule is Cc1c2c(c(C)c3c1=Nc1ccc4c(c1O3)-c1ccccc1C4)=Nc1ccc3c(c1O2)-c1ccccc1C3. The van der Waals surface area contributed by atoms with Crippen LogP contribution in [0.3, 0.4) is 0 Å². The van der Waals surface area contributed by atoms with Gasteiger partial charge in [-0.15, -0.1) is 0 Å². The third kappa shape index (κ3) is 2.50. The molecular formula is C34H22N2O2. The summed E-state index contributed by atoms with van der Waals surface area (Å²) in [5.41, 5.74) is 13.6. The Labute approximate surface area is 219 Å². The monoisotopic (exact) mass is 490 g/mol. The zero-order chi connectivity index (χ0) is 25.1. The molecule has 2 heterocycles. The topological polar surface area (TPSA) is 43.2 Å². The molecule has 0 N–H and O–H groups in total. The largest absolute Gasteiger partial charge is 0.452 e. The van der Waals surface area contributed by atoms with Crippen LogP contribution in [0.15, 0.2) is 82.8 Å². The Bertz CT molecular complexity index is 1910. The van der Waals surface area contributed by atoms with Crippen molar-refractivity contribution in [3.63, 3.8) is 0 Å². The molecular weight excluding hydrogens is 468 g/mol. The Morgan fingerprint density at radius 3 is 1.42 bits per heavy atom. The van der Waals surface area contributed by atoms with E-state index in [0.29, 0.717) is 0 Å². The lowest BCUT2D eigenvalue weighted by molar-refractivity contribution is 0.445. The molecule has 0 spiro atoms. The van der Waals surface area contributed by atoms with Crippen molar-refractivity contribution in [2.24, 2.45) is 9.98 Å². The second-order valence-electron chi connectivity index (χ2n) is 10.6. The first-order chi connectivity index (χ1) is 18.7. The molecule has 2 aliphatic carbocycles. The first-order valence-corrected chi connectivity index (χ1v) is 13.1. The summed E-state index contributed by atoms with van der Waals surface area (Å²) >= 11 is 0. The molecule has 0 saturated carbocycles. The highest BCUT2D eigenvalue weighted by molar-refractivity contribution is 5.88. The molecule has 0 fully saturated rings. The summed E-state index contributed by atoms with van der Waals surface area (Å²) in [7, 11) is 0. The van der Waals surface area contributed by atoms with E-state index >= 15 is 0 Å². The van der Waals surface area contributed by atoms with Crippen LogP contribution in [0.25, 0.3) is 22.3 Å². The lowest BCUT2D eigenvalue weighted by Crippen LogP contribution is -2.25. The van der Waals surface area contributed by atoms with Crippen molar-refractivity contribution in [3.05, 3.63) is 117 Å². The zero-order valence-electron chi connectivity index (χ0n) is 21.1. The summed E-state index contributed by atoms with van der Waals surface area (Å²) in [5, 5.41) is 1.65. The van der Waals surface area contributed by atoms with Crippen LogP contribution >= 0.6 is 0 Å². The average molecular weight is 491 g/mol. The van der Waals surface area contributed by atoms with Crippen molar-refractivity contribution in [1.29, 1.82) is 0 Å². The van der Waals surface area contributed by atoms with Crippen LogP contribution in [0.1, 0.15) is 33.4 Å². The van der Waals surface area contributed by atoms with Crippen molar-refractivity contribution in [1.82, 2.24) is 0 Å². The Hall–Kier alpha value is -4.70. The van der Waals surface area contributed by atoms with E-state index in [1.54, 1.807) is 0 Å². The molecule has 4 heteroatoms. The molecule has 2 aliphatic heterocycles. The predicted molar refractivity (Wildman–Crippen MR) is 147 cm³/mol. The third-order valence-corrected chi connectivity index (χ3v) is 8.48. The number of ether oxygens (including phenoxy) is 2. The fourth-order valence-corrected chi connectivity index (χ4v) is 6.61. The molecule has 0 aromatic heterocycles. The van der Waals surface area contributed by atoms with Crippen LogP contribution in [-0.2, 0) is 12.8 Å². The second-order valence-corrected chi connectivity index (χ2v) is 10.6. The van der Waals surface area contributed by atoms with E-state index in [4.69, 9.17) is 19.5 Å². The van der Waals surface area contributed by atoms with E-state index in [-0.39, 0.29) is 0 Å². The molecule has 4 nitrogen and oxygen atoms in total. The maximum Gasteiger partial charge on any atom is 0.161 e. The van der Waals surface area contributed by atoms with Crippen molar-refractivity contribution in [2.75, 3.05) is 0 Å². The lowest BCUT2D eigenvalue weighted by Gasteiger charge is -2.24. The van der Waals surface area contributed by atoms with E-state index in [9.17, 15) is 0 Å². The number of hydrogen-bond acceptors (Lipinski definition) is 4. The second kappa shape index (κ2) is 6.99. The van der Waals surface area contributed by atoms with Crippen LogP contribution in [0.4, 0.5) is 11.4 Å². The molecule has 38 heavy (non-hydrogen) atoms. The molecule has 0 bridgehead atoms. The van der Waals surface area contributed by atoms with Gasteiger partial charge in [0.2, 0.25) is 0 Å². The predicted octanol–water partition coefficient (Wildman–Crippen LogP) is 7.56. The minimum atomic E-state index is 0.772. The maximum absolute atomic E-state index is 6.75. The van der Waals surface area contributed by atoms with Gasteiger partial charge >= 0.3 is 0 Å². The van der Waals surface area contributed by atoms with Crippen molar-refractivity contribution >= 4 is 11.4 Å². The van der Waals surface area contributed by atoms with E-state index in [1.807, 2.05) is 0 Å². The maximum atomic E-state index is 6.75. The Balaban J connectivity index is 1.27. The van der Waals surface area contributed by atoms with E-state index in [2.05, 4.69) is 86.6 Å². The van der Waals surface area contributed by atoms with Gasteiger partial charge < -0.3 is 9.47 Å². The highest BCUT2D eigenvalue weighted by Gasteiger charge is 2.32.